The molecular weight excluding hydrogens is 346 g/mol. The van der Waals surface area contributed by atoms with Gasteiger partial charge in [0, 0.05) is 38.9 Å². The van der Waals surface area contributed by atoms with Crippen molar-refractivity contribution in [1.29, 1.82) is 0 Å². The van der Waals surface area contributed by atoms with E-state index in [-0.39, 0.29) is 24.7 Å². The molecule has 0 radical (unpaired) electrons. The fourth-order valence-corrected chi connectivity index (χ4v) is 3.44. The molecule has 27 heavy (non-hydrogen) atoms. The molecule has 0 unspecified atom stereocenters. The highest BCUT2D eigenvalue weighted by atomic mass is 16.2. The largest absolute Gasteiger partial charge is 0.370 e. The summed E-state index contributed by atoms with van der Waals surface area (Å²) in [7, 11) is 0. The van der Waals surface area contributed by atoms with Crippen molar-refractivity contribution in [3.63, 3.8) is 0 Å². The summed E-state index contributed by atoms with van der Waals surface area (Å²) < 4.78 is 0. The quantitative estimate of drug-likeness (QED) is 0.596. The molecule has 3 amide bonds. The standard InChI is InChI=1S/C19H31N5O3/c1-12(2)8-17-22-9-15(23-17)19(27)21-7-6-14-11-24(10-13(14)3)18(26)5-4-16(20)25/h9,12-14H,4-8,10-11H2,1-3H3,(H2,20,25)(H,21,27)(H,22,23)/t13-,14-/m1/s1. The van der Waals surface area contributed by atoms with Crippen molar-refractivity contribution in [2.75, 3.05) is 19.6 Å². The van der Waals surface area contributed by atoms with Crippen LogP contribution in [0.4, 0.5) is 0 Å². The molecule has 0 spiro atoms. The average Bonchev–Trinajstić information content (AvgIpc) is 3.19. The number of hydrogen-bond acceptors (Lipinski definition) is 4. The van der Waals surface area contributed by atoms with Crippen LogP contribution in [-0.2, 0) is 16.0 Å². The van der Waals surface area contributed by atoms with E-state index in [4.69, 9.17) is 5.73 Å². The van der Waals surface area contributed by atoms with Gasteiger partial charge in [-0.05, 0) is 24.2 Å². The smallest absolute Gasteiger partial charge is 0.269 e. The van der Waals surface area contributed by atoms with Crippen LogP contribution in [0.2, 0.25) is 0 Å². The lowest BCUT2D eigenvalue weighted by atomic mass is 9.95. The third-order valence-electron chi connectivity index (χ3n) is 4.98. The SMILES string of the molecule is CC(C)Cc1ncc(C(=O)NCC[C@@H]2CN(C(=O)CCC(N)=O)C[C@H]2C)[nH]1. The molecule has 0 bridgehead atoms. The monoisotopic (exact) mass is 377 g/mol. The molecule has 2 rings (SSSR count). The van der Waals surface area contributed by atoms with E-state index in [2.05, 4.69) is 36.1 Å². The van der Waals surface area contributed by atoms with E-state index in [1.54, 1.807) is 11.1 Å². The van der Waals surface area contributed by atoms with Crippen LogP contribution in [-0.4, -0.2) is 52.2 Å². The van der Waals surface area contributed by atoms with E-state index < -0.39 is 5.91 Å². The van der Waals surface area contributed by atoms with E-state index in [1.807, 2.05) is 0 Å². The molecule has 0 aromatic carbocycles. The Kier molecular flexibility index (Phi) is 7.38. The van der Waals surface area contributed by atoms with Crippen molar-refractivity contribution in [2.45, 2.75) is 46.5 Å². The van der Waals surface area contributed by atoms with Crippen LogP contribution in [0, 0.1) is 17.8 Å². The number of imidazole rings is 1. The predicted molar refractivity (Wildman–Crippen MR) is 102 cm³/mol. The summed E-state index contributed by atoms with van der Waals surface area (Å²) in [5.41, 5.74) is 5.58. The van der Waals surface area contributed by atoms with Crippen molar-refractivity contribution < 1.29 is 14.4 Å². The Hall–Kier alpha value is -2.38. The maximum Gasteiger partial charge on any atom is 0.269 e. The van der Waals surface area contributed by atoms with Gasteiger partial charge < -0.3 is 20.9 Å². The summed E-state index contributed by atoms with van der Waals surface area (Å²) >= 11 is 0. The van der Waals surface area contributed by atoms with Gasteiger partial charge in [0.25, 0.3) is 5.91 Å². The van der Waals surface area contributed by atoms with Gasteiger partial charge in [0.2, 0.25) is 11.8 Å². The van der Waals surface area contributed by atoms with Gasteiger partial charge in [0.05, 0.1) is 6.20 Å². The van der Waals surface area contributed by atoms with Gasteiger partial charge in [-0.3, -0.25) is 14.4 Å². The number of H-pyrrole nitrogens is 1. The Morgan fingerprint density at radius 2 is 2.07 bits per heavy atom. The van der Waals surface area contributed by atoms with Gasteiger partial charge >= 0.3 is 0 Å². The molecule has 1 aliphatic rings. The number of nitrogens with two attached hydrogens (primary N) is 1. The van der Waals surface area contributed by atoms with Crippen molar-refractivity contribution >= 4 is 17.7 Å². The molecule has 0 aliphatic carbocycles. The first-order valence-corrected chi connectivity index (χ1v) is 9.64. The Morgan fingerprint density at radius 3 is 2.74 bits per heavy atom. The van der Waals surface area contributed by atoms with Crippen LogP contribution in [0.1, 0.15) is 56.3 Å². The minimum absolute atomic E-state index is 0.0256. The first-order chi connectivity index (χ1) is 12.8. The van der Waals surface area contributed by atoms with Gasteiger partial charge in [-0.1, -0.05) is 20.8 Å². The van der Waals surface area contributed by atoms with E-state index in [9.17, 15) is 14.4 Å². The number of nitrogens with one attached hydrogen (secondary N) is 2. The van der Waals surface area contributed by atoms with Gasteiger partial charge in [-0.15, -0.1) is 0 Å². The van der Waals surface area contributed by atoms with Gasteiger partial charge in [-0.2, -0.15) is 0 Å². The number of carbonyl (C=O) groups is 3. The van der Waals surface area contributed by atoms with Crippen molar-refractivity contribution in [2.24, 2.45) is 23.5 Å². The molecule has 8 heteroatoms. The summed E-state index contributed by atoms with van der Waals surface area (Å²) in [6.07, 6.45) is 3.45. The van der Waals surface area contributed by atoms with Crippen LogP contribution in [0.15, 0.2) is 6.20 Å². The molecule has 2 heterocycles. The van der Waals surface area contributed by atoms with Crippen molar-refractivity contribution in [3.8, 4) is 0 Å². The number of nitrogens with zero attached hydrogens (tertiary/aromatic N) is 2. The topological polar surface area (TPSA) is 121 Å². The number of rotatable bonds is 9. The van der Waals surface area contributed by atoms with Gasteiger partial charge in [0.1, 0.15) is 11.5 Å². The minimum atomic E-state index is -0.454. The van der Waals surface area contributed by atoms with Crippen molar-refractivity contribution in [1.82, 2.24) is 20.2 Å². The second-order valence-electron chi connectivity index (χ2n) is 7.89. The fourth-order valence-electron chi connectivity index (χ4n) is 3.44. The molecule has 1 aliphatic heterocycles. The van der Waals surface area contributed by atoms with Crippen LogP contribution in [0.3, 0.4) is 0 Å². The third kappa shape index (κ3) is 6.37. The van der Waals surface area contributed by atoms with E-state index in [0.29, 0.717) is 43.1 Å². The molecule has 1 aromatic heterocycles. The zero-order valence-electron chi connectivity index (χ0n) is 16.5. The Bertz CT molecular complexity index is 670. The molecule has 0 saturated carbocycles. The van der Waals surface area contributed by atoms with E-state index in [1.165, 1.54) is 0 Å². The zero-order chi connectivity index (χ0) is 20.0. The highest BCUT2D eigenvalue weighted by Gasteiger charge is 2.31. The van der Waals surface area contributed by atoms with Crippen LogP contribution >= 0.6 is 0 Å². The molecule has 8 nitrogen and oxygen atoms in total. The van der Waals surface area contributed by atoms with E-state index in [0.717, 1.165) is 18.7 Å². The lowest BCUT2D eigenvalue weighted by Gasteiger charge is -2.16. The normalized spacial score (nSPS) is 19.5. The number of likely N-dealkylation sites (tertiary alicyclic amines) is 1. The third-order valence-corrected chi connectivity index (χ3v) is 4.98. The molecule has 1 aromatic rings. The highest BCUT2D eigenvalue weighted by molar-refractivity contribution is 5.92. The number of aromatic nitrogens is 2. The number of carbonyl (C=O) groups excluding carboxylic acids is 3. The predicted octanol–water partition coefficient (Wildman–Crippen LogP) is 1.09. The number of amides is 3. The Balaban J connectivity index is 1.74. The van der Waals surface area contributed by atoms with Crippen LogP contribution < -0.4 is 11.1 Å². The summed E-state index contributed by atoms with van der Waals surface area (Å²) in [4.78, 5) is 44.3. The molecule has 1 fully saturated rings. The molecule has 2 atom stereocenters. The molecular formula is C19H31N5O3. The fraction of sp³-hybridized carbons (Fsp3) is 0.684. The summed E-state index contributed by atoms with van der Waals surface area (Å²) in [6, 6.07) is 0. The lowest BCUT2D eigenvalue weighted by molar-refractivity contribution is -0.132. The summed E-state index contributed by atoms with van der Waals surface area (Å²) in [5, 5.41) is 2.92. The van der Waals surface area contributed by atoms with Crippen molar-refractivity contribution in [3.05, 3.63) is 17.7 Å². The number of primary amides is 1. The Labute approximate surface area is 160 Å². The second kappa shape index (κ2) is 9.53. The minimum Gasteiger partial charge on any atom is -0.370 e. The maximum atomic E-state index is 12.2. The first-order valence-electron chi connectivity index (χ1n) is 9.64. The lowest BCUT2D eigenvalue weighted by Crippen LogP contribution is -2.30. The van der Waals surface area contributed by atoms with E-state index >= 15 is 0 Å². The van der Waals surface area contributed by atoms with Crippen LogP contribution in [0.25, 0.3) is 0 Å². The highest BCUT2D eigenvalue weighted by Crippen LogP contribution is 2.26. The first kappa shape index (κ1) is 20.9. The second-order valence-corrected chi connectivity index (χ2v) is 7.89. The molecule has 150 valence electrons. The number of aromatic amines is 1. The maximum absolute atomic E-state index is 12.2. The molecule has 1 saturated heterocycles. The average molecular weight is 377 g/mol. The van der Waals surface area contributed by atoms with Gasteiger partial charge in [-0.25, -0.2) is 4.98 Å². The zero-order valence-corrected chi connectivity index (χ0v) is 16.5. The summed E-state index contributed by atoms with van der Waals surface area (Å²) in [5.74, 6) is 1.37. The summed E-state index contributed by atoms with van der Waals surface area (Å²) in [6.45, 7) is 8.23. The number of hydrogen-bond donors (Lipinski definition) is 3. The van der Waals surface area contributed by atoms with Gasteiger partial charge in [0.15, 0.2) is 0 Å². The molecule has 4 N–H and O–H groups in total. The van der Waals surface area contributed by atoms with Crippen LogP contribution in [0.5, 0.6) is 0 Å². The Morgan fingerprint density at radius 1 is 1.33 bits per heavy atom.